The highest BCUT2D eigenvalue weighted by molar-refractivity contribution is 5.92. The summed E-state index contributed by atoms with van der Waals surface area (Å²) in [4.78, 5) is 12.1. The van der Waals surface area contributed by atoms with E-state index >= 15 is 0 Å². The van der Waals surface area contributed by atoms with Crippen LogP contribution in [0.5, 0.6) is 0 Å². The van der Waals surface area contributed by atoms with Crippen LogP contribution in [0.3, 0.4) is 0 Å². The van der Waals surface area contributed by atoms with Gasteiger partial charge in [-0.1, -0.05) is 5.21 Å². The molecule has 3 N–H and O–H groups in total. The zero-order chi connectivity index (χ0) is 14.6. The molecule has 2 rings (SSSR count). The number of aliphatic hydroxyl groups is 1. The molecule has 0 aromatic carbocycles. The minimum absolute atomic E-state index is 0.0368. The van der Waals surface area contributed by atoms with Crippen LogP contribution >= 0.6 is 0 Å². The number of aliphatic hydroxyl groups excluding tert-OH is 1. The summed E-state index contributed by atoms with van der Waals surface area (Å²) in [6, 6.07) is 0.316. The monoisotopic (exact) mass is 281 g/mol. The van der Waals surface area contributed by atoms with Gasteiger partial charge in [0.2, 0.25) is 0 Å². The van der Waals surface area contributed by atoms with E-state index in [1.165, 1.54) is 0 Å². The molecular formula is C13H23N5O2. The fraction of sp³-hybridized carbons (Fsp3) is 0.769. The van der Waals surface area contributed by atoms with Crippen molar-refractivity contribution in [3.8, 4) is 0 Å². The lowest BCUT2D eigenvalue weighted by atomic mass is 10.0. The van der Waals surface area contributed by atoms with Crippen LogP contribution in [0.15, 0.2) is 6.20 Å². The summed E-state index contributed by atoms with van der Waals surface area (Å²) in [6.07, 6.45) is 4.21. The molecule has 0 bridgehead atoms. The Morgan fingerprint density at radius 3 is 2.90 bits per heavy atom. The number of carbonyl (C=O) groups excluding carboxylic acids is 1. The van der Waals surface area contributed by atoms with Crippen LogP contribution in [0.4, 0.5) is 0 Å². The first-order valence-electron chi connectivity index (χ1n) is 7.08. The van der Waals surface area contributed by atoms with Crippen molar-refractivity contribution in [2.45, 2.75) is 44.7 Å². The molecule has 1 aliphatic heterocycles. The van der Waals surface area contributed by atoms with Gasteiger partial charge in [0.25, 0.3) is 5.91 Å². The molecule has 0 unspecified atom stereocenters. The van der Waals surface area contributed by atoms with Gasteiger partial charge in [0, 0.05) is 12.1 Å². The molecule has 7 nitrogen and oxygen atoms in total. The molecule has 1 fully saturated rings. The first kappa shape index (κ1) is 14.9. The number of carbonyl (C=O) groups is 1. The molecule has 0 radical (unpaired) electrons. The number of hydrogen-bond acceptors (Lipinski definition) is 5. The van der Waals surface area contributed by atoms with Crippen molar-refractivity contribution in [1.82, 2.24) is 25.6 Å². The molecule has 1 aromatic heterocycles. The highest BCUT2D eigenvalue weighted by Gasteiger charge is 2.23. The zero-order valence-corrected chi connectivity index (χ0v) is 12.1. The van der Waals surface area contributed by atoms with E-state index in [0.717, 1.165) is 25.9 Å². The quantitative estimate of drug-likeness (QED) is 0.711. The Labute approximate surface area is 118 Å². The first-order chi connectivity index (χ1) is 9.52. The van der Waals surface area contributed by atoms with Gasteiger partial charge in [-0.15, -0.1) is 5.10 Å². The molecule has 0 atom stereocenters. The lowest BCUT2D eigenvalue weighted by Crippen LogP contribution is -2.44. The largest absolute Gasteiger partial charge is 0.396 e. The Kier molecular flexibility index (Phi) is 4.72. The fourth-order valence-corrected chi connectivity index (χ4v) is 2.34. The molecule has 0 spiro atoms. The smallest absolute Gasteiger partial charge is 0.273 e. The molecule has 1 amide bonds. The van der Waals surface area contributed by atoms with E-state index in [1.54, 1.807) is 10.9 Å². The molecule has 1 saturated heterocycles. The molecule has 2 heterocycles. The van der Waals surface area contributed by atoms with Crippen molar-refractivity contribution in [1.29, 1.82) is 0 Å². The van der Waals surface area contributed by atoms with E-state index in [2.05, 4.69) is 20.9 Å². The van der Waals surface area contributed by atoms with Gasteiger partial charge in [-0.05, 0) is 46.2 Å². The number of rotatable bonds is 5. The third-order valence-electron chi connectivity index (χ3n) is 3.61. The number of nitrogens with one attached hydrogen (secondary N) is 2. The lowest BCUT2D eigenvalue weighted by molar-refractivity contribution is 0.0894. The van der Waals surface area contributed by atoms with Crippen LogP contribution in [0, 0.1) is 0 Å². The van der Waals surface area contributed by atoms with Crippen molar-refractivity contribution >= 4 is 5.91 Å². The predicted octanol–water partition coefficient (Wildman–Crippen LogP) is 0.0934. The second-order valence-corrected chi connectivity index (χ2v) is 5.88. The van der Waals surface area contributed by atoms with Crippen molar-refractivity contribution in [2.75, 3.05) is 19.7 Å². The fourth-order valence-electron chi connectivity index (χ4n) is 2.34. The van der Waals surface area contributed by atoms with Gasteiger partial charge < -0.3 is 15.7 Å². The highest BCUT2D eigenvalue weighted by Crippen LogP contribution is 2.17. The third kappa shape index (κ3) is 3.77. The van der Waals surface area contributed by atoms with Crippen LogP contribution < -0.4 is 10.6 Å². The van der Waals surface area contributed by atoms with E-state index < -0.39 is 5.54 Å². The molecular weight excluding hydrogens is 258 g/mol. The Balaban J connectivity index is 1.99. The number of nitrogens with zero attached hydrogens (tertiary/aromatic N) is 3. The Morgan fingerprint density at radius 1 is 1.55 bits per heavy atom. The minimum atomic E-state index is -0.454. The van der Waals surface area contributed by atoms with Gasteiger partial charge in [0.1, 0.15) is 0 Å². The summed E-state index contributed by atoms with van der Waals surface area (Å²) in [7, 11) is 0. The Hall–Kier alpha value is -1.47. The third-order valence-corrected chi connectivity index (χ3v) is 3.61. The summed E-state index contributed by atoms with van der Waals surface area (Å²) in [5.74, 6) is -0.247. The zero-order valence-electron chi connectivity index (χ0n) is 12.1. The summed E-state index contributed by atoms with van der Waals surface area (Å²) in [6.45, 7) is 5.72. The van der Waals surface area contributed by atoms with Crippen LogP contribution in [0.25, 0.3) is 0 Å². The first-order valence-corrected chi connectivity index (χ1v) is 7.08. The van der Waals surface area contributed by atoms with Crippen molar-refractivity contribution in [2.24, 2.45) is 0 Å². The van der Waals surface area contributed by atoms with Crippen LogP contribution in [0.2, 0.25) is 0 Å². The molecule has 0 saturated carbocycles. The average Bonchev–Trinajstić information content (AvgIpc) is 2.88. The summed E-state index contributed by atoms with van der Waals surface area (Å²) in [5, 5.41) is 23.1. The summed E-state index contributed by atoms with van der Waals surface area (Å²) >= 11 is 0. The van der Waals surface area contributed by atoms with Gasteiger partial charge in [0.15, 0.2) is 5.69 Å². The number of aromatic nitrogens is 3. The van der Waals surface area contributed by atoms with Gasteiger partial charge in [0.05, 0.1) is 12.2 Å². The molecule has 7 heteroatoms. The van der Waals surface area contributed by atoms with E-state index in [9.17, 15) is 4.79 Å². The topological polar surface area (TPSA) is 92.1 Å². The van der Waals surface area contributed by atoms with Gasteiger partial charge in [-0.3, -0.25) is 4.79 Å². The van der Waals surface area contributed by atoms with E-state index in [0.29, 0.717) is 18.2 Å². The molecule has 1 aliphatic rings. The van der Waals surface area contributed by atoms with E-state index in [-0.39, 0.29) is 12.5 Å². The second kappa shape index (κ2) is 6.32. The van der Waals surface area contributed by atoms with Crippen molar-refractivity contribution < 1.29 is 9.90 Å². The second-order valence-electron chi connectivity index (χ2n) is 5.88. The van der Waals surface area contributed by atoms with Gasteiger partial charge in [-0.2, -0.15) is 0 Å². The average molecular weight is 281 g/mol. The molecule has 20 heavy (non-hydrogen) atoms. The minimum Gasteiger partial charge on any atom is -0.396 e. The maximum atomic E-state index is 12.1. The summed E-state index contributed by atoms with van der Waals surface area (Å²) < 4.78 is 1.79. The van der Waals surface area contributed by atoms with E-state index in [4.69, 9.17) is 5.11 Å². The number of hydrogen-bond donors (Lipinski definition) is 3. The van der Waals surface area contributed by atoms with Crippen molar-refractivity contribution in [3.05, 3.63) is 11.9 Å². The van der Waals surface area contributed by atoms with Crippen molar-refractivity contribution in [3.63, 3.8) is 0 Å². The Bertz CT molecular complexity index is 451. The summed E-state index contributed by atoms with van der Waals surface area (Å²) in [5.41, 5.74) is -0.126. The van der Waals surface area contributed by atoms with Crippen LogP contribution in [0.1, 0.15) is 49.6 Å². The highest BCUT2D eigenvalue weighted by atomic mass is 16.3. The Morgan fingerprint density at radius 2 is 2.25 bits per heavy atom. The molecule has 0 aliphatic carbocycles. The normalized spacial score (nSPS) is 17.1. The molecule has 112 valence electrons. The van der Waals surface area contributed by atoms with Gasteiger partial charge >= 0.3 is 0 Å². The molecule has 1 aromatic rings. The lowest BCUT2D eigenvalue weighted by Gasteiger charge is -2.24. The van der Waals surface area contributed by atoms with Crippen LogP contribution in [-0.2, 0) is 0 Å². The standard InChI is InChI=1S/C13H23N5O2/c1-13(2,5-8-19)15-12(20)11-9-18(17-16-11)10-3-6-14-7-4-10/h9-10,14,19H,3-8H2,1-2H3,(H,15,20). The number of piperidine rings is 1. The predicted molar refractivity (Wildman–Crippen MR) is 74.4 cm³/mol. The van der Waals surface area contributed by atoms with Gasteiger partial charge in [-0.25, -0.2) is 4.68 Å². The van der Waals surface area contributed by atoms with Crippen LogP contribution in [-0.4, -0.2) is 51.2 Å². The number of amides is 1. The van der Waals surface area contributed by atoms with E-state index in [1.807, 2.05) is 13.8 Å². The SMILES string of the molecule is CC(C)(CCO)NC(=O)c1cn(C2CCNCC2)nn1. The maximum absolute atomic E-state index is 12.1. The maximum Gasteiger partial charge on any atom is 0.273 e.